The van der Waals surface area contributed by atoms with Gasteiger partial charge in [-0.15, -0.1) is 0 Å². The molecule has 4 nitrogen and oxygen atoms in total. The number of hydrogen-bond donors (Lipinski definition) is 3. The molecule has 0 bridgehead atoms. The highest BCUT2D eigenvalue weighted by Crippen LogP contribution is 2.59. The molecule has 0 saturated heterocycles. The second-order valence-corrected chi connectivity index (χ2v) is 5.56. The predicted molar refractivity (Wildman–Crippen MR) is 73.9 cm³/mol. The molecule has 2 saturated carbocycles. The number of fused-ring (bicyclic) bond motifs is 2. The third-order valence-electron chi connectivity index (χ3n) is 3.89. The Morgan fingerprint density at radius 1 is 1.41 bits per heavy atom. The number of allylic oxidation sites excluding steroid dienone is 1. The van der Waals surface area contributed by atoms with Gasteiger partial charge in [0.2, 0.25) is 5.91 Å². The van der Waals surface area contributed by atoms with Gasteiger partial charge in [0.05, 0.1) is 6.04 Å². The summed E-state index contributed by atoms with van der Waals surface area (Å²) in [6, 6.07) is 0.316. The molecule has 3 unspecified atom stereocenters. The van der Waals surface area contributed by atoms with Crippen molar-refractivity contribution < 1.29 is 4.79 Å². The van der Waals surface area contributed by atoms with E-state index in [9.17, 15) is 4.79 Å². The Morgan fingerprint density at radius 2 is 2.18 bits per heavy atom. The van der Waals surface area contributed by atoms with Crippen molar-refractivity contribution in [3.05, 3.63) is 22.4 Å². The first-order valence-corrected chi connectivity index (χ1v) is 7.02. The number of rotatable bonds is 4. The van der Waals surface area contributed by atoms with Gasteiger partial charge in [-0.3, -0.25) is 15.0 Å². The van der Waals surface area contributed by atoms with E-state index in [1.165, 1.54) is 22.4 Å². The van der Waals surface area contributed by atoms with E-state index >= 15 is 0 Å². The number of carbonyl (C=O) groups excluding carboxylic acids is 1. The van der Waals surface area contributed by atoms with Crippen molar-refractivity contribution >= 4 is 24.7 Å². The number of amides is 1. The van der Waals surface area contributed by atoms with Crippen LogP contribution in [0.3, 0.4) is 0 Å². The van der Waals surface area contributed by atoms with Gasteiger partial charge in [0, 0.05) is 17.7 Å². The summed E-state index contributed by atoms with van der Waals surface area (Å²) < 4.78 is 0. The summed E-state index contributed by atoms with van der Waals surface area (Å²) >= 11 is 0. The lowest BCUT2D eigenvalue weighted by molar-refractivity contribution is -0.121. The summed E-state index contributed by atoms with van der Waals surface area (Å²) in [5.74, 6) is 0.571. The molecule has 0 radical (unpaired) electrons. The van der Waals surface area contributed by atoms with E-state index in [1.54, 1.807) is 0 Å². The van der Waals surface area contributed by atoms with Crippen molar-refractivity contribution in [1.82, 2.24) is 15.5 Å². The van der Waals surface area contributed by atoms with Gasteiger partial charge in [-0.2, -0.15) is 0 Å². The minimum absolute atomic E-state index is 0.0530. The van der Waals surface area contributed by atoms with Crippen LogP contribution < -0.4 is 15.5 Å². The monoisotopic (exact) mass is 269 g/mol. The smallest absolute Gasteiger partial charge is 0.241 e. The molecule has 5 atom stereocenters. The van der Waals surface area contributed by atoms with E-state index in [0.29, 0.717) is 12.0 Å². The first-order valence-electron chi connectivity index (χ1n) is 5.86. The quantitative estimate of drug-likeness (QED) is 0.655. The molecule has 3 aliphatic rings. The van der Waals surface area contributed by atoms with Crippen LogP contribution in [-0.2, 0) is 4.79 Å². The molecule has 3 N–H and O–H groups in total. The first kappa shape index (κ1) is 11.8. The molecule has 0 spiro atoms. The topological polar surface area (TPSA) is 53.2 Å². The third-order valence-corrected chi connectivity index (χ3v) is 4.79. The van der Waals surface area contributed by atoms with Crippen molar-refractivity contribution in [1.29, 1.82) is 0 Å². The van der Waals surface area contributed by atoms with Crippen LogP contribution >= 0.6 is 18.8 Å². The molecule has 0 aromatic rings. The maximum atomic E-state index is 11.9. The average molecular weight is 269 g/mol. The Hall–Kier alpha value is -0.270. The molecule has 1 amide bonds. The maximum Gasteiger partial charge on any atom is 0.241 e. The SMILES string of the molecule is C[C@H](NP)C(=O)NC1=C2CC(NP)C2=C2C[C@H]21. The Bertz CT molecular complexity index is 458. The molecular weight excluding hydrogens is 252 g/mol. The minimum atomic E-state index is -0.171. The molecule has 0 aliphatic heterocycles. The molecule has 3 aliphatic carbocycles. The van der Waals surface area contributed by atoms with E-state index in [0.717, 1.165) is 12.8 Å². The summed E-state index contributed by atoms with van der Waals surface area (Å²) in [5.41, 5.74) is 5.55. The summed E-state index contributed by atoms with van der Waals surface area (Å²) in [4.78, 5) is 11.9. The zero-order valence-corrected chi connectivity index (χ0v) is 12.0. The van der Waals surface area contributed by atoms with E-state index < -0.39 is 0 Å². The minimum Gasteiger partial charge on any atom is -0.328 e. The Morgan fingerprint density at radius 3 is 2.82 bits per heavy atom. The summed E-state index contributed by atoms with van der Waals surface area (Å²) in [6.45, 7) is 1.86. The van der Waals surface area contributed by atoms with Gasteiger partial charge >= 0.3 is 0 Å². The van der Waals surface area contributed by atoms with Crippen molar-refractivity contribution in [2.45, 2.75) is 31.8 Å². The second kappa shape index (κ2) is 4.13. The van der Waals surface area contributed by atoms with Crippen LogP contribution in [0, 0.1) is 5.92 Å². The molecule has 3 rings (SSSR count). The van der Waals surface area contributed by atoms with Crippen molar-refractivity contribution in [3.8, 4) is 0 Å². The molecule has 92 valence electrons. The molecule has 0 aromatic heterocycles. The zero-order valence-electron chi connectivity index (χ0n) is 9.71. The van der Waals surface area contributed by atoms with Gasteiger partial charge < -0.3 is 5.32 Å². The van der Waals surface area contributed by atoms with Gasteiger partial charge in [0.25, 0.3) is 0 Å². The fourth-order valence-corrected chi connectivity index (χ4v) is 3.17. The lowest BCUT2D eigenvalue weighted by Gasteiger charge is -2.33. The summed E-state index contributed by atoms with van der Waals surface area (Å²) in [7, 11) is 4.96. The van der Waals surface area contributed by atoms with Crippen LogP contribution in [0.5, 0.6) is 0 Å². The Balaban J connectivity index is 1.74. The fourth-order valence-electron chi connectivity index (χ4n) is 2.73. The van der Waals surface area contributed by atoms with Crippen molar-refractivity contribution in [3.63, 3.8) is 0 Å². The molecule has 0 aromatic carbocycles. The van der Waals surface area contributed by atoms with Gasteiger partial charge in [-0.05, 0) is 30.9 Å². The molecule has 6 heteroatoms. The third kappa shape index (κ3) is 1.70. The van der Waals surface area contributed by atoms with Crippen LogP contribution in [-0.4, -0.2) is 18.0 Å². The van der Waals surface area contributed by atoms with E-state index in [1.807, 2.05) is 6.92 Å². The highest BCUT2D eigenvalue weighted by molar-refractivity contribution is 7.14. The molecular formula is C11H17N3OP2. The van der Waals surface area contributed by atoms with Gasteiger partial charge in [0.15, 0.2) is 0 Å². The largest absolute Gasteiger partial charge is 0.328 e. The molecule has 17 heavy (non-hydrogen) atoms. The normalized spacial score (nSPS) is 30.8. The van der Waals surface area contributed by atoms with E-state index in [-0.39, 0.29) is 11.9 Å². The van der Waals surface area contributed by atoms with Gasteiger partial charge in [0.1, 0.15) is 0 Å². The first-order chi connectivity index (χ1) is 8.17. The lowest BCUT2D eigenvalue weighted by atomic mass is 9.81. The standard InChI is InChI=1S/C11H17N3OP2/c1-4(13-16)11(15)12-10-6-2-5(6)9-7(10)3-8(9)14-17/h4,6,8,13-14H,2-3,16-17H2,1H3,(H,12,15)/t4-,6+,8?/m0/s1. The fraction of sp³-hybridized carbons (Fsp3) is 0.545. The Kier molecular flexibility index (Phi) is 2.87. The van der Waals surface area contributed by atoms with Crippen LogP contribution in [0.15, 0.2) is 22.4 Å². The molecule has 0 heterocycles. The van der Waals surface area contributed by atoms with Crippen LogP contribution in [0.25, 0.3) is 0 Å². The van der Waals surface area contributed by atoms with Gasteiger partial charge in [-0.1, -0.05) is 24.4 Å². The lowest BCUT2D eigenvalue weighted by Crippen LogP contribution is -2.40. The van der Waals surface area contributed by atoms with Gasteiger partial charge in [-0.25, -0.2) is 0 Å². The summed E-state index contributed by atoms with van der Waals surface area (Å²) in [6.07, 6.45) is 2.18. The highest BCUT2D eigenvalue weighted by atomic mass is 31.0. The number of hydrogen-bond acceptors (Lipinski definition) is 3. The second-order valence-electron chi connectivity index (χ2n) is 4.89. The predicted octanol–water partition coefficient (Wildman–Crippen LogP) is 0.607. The van der Waals surface area contributed by atoms with Crippen LogP contribution in [0.4, 0.5) is 0 Å². The van der Waals surface area contributed by atoms with E-state index in [2.05, 4.69) is 34.3 Å². The Labute approximate surface area is 106 Å². The van der Waals surface area contributed by atoms with E-state index in [4.69, 9.17) is 0 Å². The van der Waals surface area contributed by atoms with Crippen LogP contribution in [0.1, 0.15) is 19.8 Å². The van der Waals surface area contributed by atoms with Crippen LogP contribution in [0.2, 0.25) is 0 Å². The highest BCUT2D eigenvalue weighted by Gasteiger charge is 2.51. The average Bonchev–Trinajstić information content (AvgIpc) is 3.00. The molecule has 2 fully saturated rings. The number of carbonyl (C=O) groups is 1. The van der Waals surface area contributed by atoms with Crippen molar-refractivity contribution in [2.75, 3.05) is 0 Å². The maximum absolute atomic E-state index is 11.9. The number of nitrogens with one attached hydrogen (secondary N) is 3. The zero-order chi connectivity index (χ0) is 12.2. The van der Waals surface area contributed by atoms with Crippen molar-refractivity contribution in [2.24, 2.45) is 5.92 Å². The summed E-state index contributed by atoms with van der Waals surface area (Å²) in [5, 5.41) is 9.20.